The Morgan fingerprint density at radius 2 is 1.66 bits per heavy atom. The van der Waals surface area contributed by atoms with Gasteiger partial charge in [0.1, 0.15) is 17.3 Å². The second-order valence-corrected chi connectivity index (χ2v) is 9.10. The quantitative estimate of drug-likeness (QED) is 0.272. The van der Waals surface area contributed by atoms with Gasteiger partial charge in [0.25, 0.3) is 11.7 Å². The van der Waals surface area contributed by atoms with Gasteiger partial charge in [-0.25, -0.2) is 4.39 Å². The summed E-state index contributed by atoms with van der Waals surface area (Å²) in [5.74, 6) is -1.49. The molecule has 0 spiro atoms. The Morgan fingerprint density at radius 3 is 2.26 bits per heavy atom. The molecule has 3 aromatic rings. The topological polar surface area (TPSA) is 66.8 Å². The van der Waals surface area contributed by atoms with Gasteiger partial charge in [-0.1, -0.05) is 32.0 Å². The minimum atomic E-state index is -0.915. The molecule has 5 nitrogen and oxygen atoms in total. The van der Waals surface area contributed by atoms with E-state index in [0.717, 1.165) is 16.7 Å². The van der Waals surface area contributed by atoms with Crippen LogP contribution in [-0.2, 0) is 9.59 Å². The number of aliphatic hydroxyl groups excluding tert-OH is 1. The predicted octanol–water partition coefficient (Wildman–Crippen LogP) is 6.20. The monoisotopic (exact) mass is 473 g/mol. The fraction of sp³-hybridized carbons (Fsp3) is 0.241. The van der Waals surface area contributed by atoms with Gasteiger partial charge in [0.15, 0.2) is 0 Å². The van der Waals surface area contributed by atoms with E-state index < -0.39 is 23.5 Å². The Morgan fingerprint density at radius 1 is 0.971 bits per heavy atom. The van der Waals surface area contributed by atoms with E-state index in [2.05, 4.69) is 0 Å². The molecule has 1 saturated heterocycles. The average molecular weight is 474 g/mol. The number of anilines is 1. The predicted molar refractivity (Wildman–Crippen MR) is 134 cm³/mol. The maximum Gasteiger partial charge on any atom is 0.300 e. The van der Waals surface area contributed by atoms with E-state index in [0.29, 0.717) is 22.6 Å². The molecule has 0 aromatic heterocycles. The van der Waals surface area contributed by atoms with Crippen molar-refractivity contribution in [2.75, 3.05) is 12.0 Å². The molecule has 1 amide bonds. The summed E-state index contributed by atoms with van der Waals surface area (Å²) in [5, 5.41) is 11.4. The summed E-state index contributed by atoms with van der Waals surface area (Å²) in [7, 11) is 1.57. The second kappa shape index (κ2) is 9.37. The third-order valence-corrected chi connectivity index (χ3v) is 6.52. The highest BCUT2D eigenvalue weighted by atomic mass is 19.1. The van der Waals surface area contributed by atoms with Crippen molar-refractivity contribution in [3.05, 3.63) is 99.9 Å². The Kier molecular flexibility index (Phi) is 6.48. The maximum absolute atomic E-state index is 13.7. The number of methoxy groups -OCH3 is 1. The number of halogens is 1. The van der Waals surface area contributed by atoms with Crippen LogP contribution in [-0.4, -0.2) is 23.9 Å². The zero-order chi connectivity index (χ0) is 25.4. The highest BCUT2D eigenvalue weighted by Crippen LogP contribution is 2.43. The largest absolute Gasteiger partial charge is 0.507 e. The smallest absolute Gasteiger partial charge is 0.300 e. The number of amides is 1. The van der Waals surface area contributed by atoms with Gasteiger partial charge in [-0.3, -0.25) is 14.5 Å². The first-order valence-electron chi connectivity index (χ1n) is 11.5. The first-order chi connectivity index (χ1) is 16.6. The minimum absolute atomic E-state index is 0.0419. The average Bonchev–Trinajstić information content (AvgIpc) is 3.10. The van der Waals surface area contributed by atoms with Gasteiger partial charge in [-0.2, -0.15) is 0 Å². The lowest BCUT2D eigenvalue weighted by Crippen LogP contribution is -2.29. The summed E-state index contributed by atoms with van der Waals surface area (Å²) in [5.41, 5.74) is 4.27. The molecule has 1 N–H and O–H groups in total. The van der Waals surface area contributed by atoms with E-state index in [1.165, 1.54) is 29.2 Å². The third-order valence-electron chi connectivity index (χ3n) is 6.52. The van der Waals surface area contributed by atoms with Gasteiger partial charge in [0, 0.05) is 11.3 Å². The lowest BCUT2D eigenvalue weighted by molar-refractivity contribution is -0.132. The number of aryl methyl sites for hydroxylation is 2. The van der Waals surface area contributed by atoms with Crippen LogP contribution in [0.15, 0.2) is 66.2 Å². The first kappa shape index (κ1) is 24.2. The summed E-state index contributed by atoms with van der Waals surface area (Å²) < 4.78 is 19.2. The van der Waals surface area contributed by atoms with Crippen molar-refractivity contribution in [3.63, 3.8) is 0 Å². The number of carbonyl (C=O) groups excluding carboxylic acids is 2. The molecular weight excluding hydrogens is 445 g/mol. The van der Waals surface area contributed by atoms with Crippen molar-refractivity contribution in [3.8, 4) is 5.75 Å². The molecule has 0 saturated carbocycles. The van der Waals surface area contributed by atoms with Gasteiger partial charge in [0.05, 0.1) is 18.7 Å². The Labute approximate surface area is 204 Å². The highest BCUT2D eigenvalue weighted by molar-refractivity contribution is 6.51. The molecule has 4 rings (SSSR count). The molecule has 6 heteroatoms. The number of aliphatic hydroxyl groups is 1. The van der Waals surface area contributed by atoms with Crippen molar-refractivity contribution < 1.29 is 23.8 Å². The van der Waals surface area contributed by atoms with E-state index in [-0.39, 0.29) is 17.3 Å². The van der Waals surface area contributed by atoms with Crippen LogP contribution in [0.4, 0.5) is 10.1 Å². The molecule has 180 valence electrons. The molecule has 1 heterocycles. The van der Waals surface area contributed by atoms with E-state index >= 15 is 0 Å². The number of rotatable bonds is 5. The first-order valence-corrected chi connectivity index (χ1v) is 11.5. The number of ether oxygens (including phenoxy) is 1. The van der Waals surface area contributed by atoms with Crippen LogP contribution < -0.4 is 9.64 Å². The molecule has 1 atom stereocenters. The summed E-state index contributed by atoms with van der Waals surface area (Å²) in [4.78, 5) is 28.0. The minimum Gasteiger partial charge on any atom is -0.507 e. The Bertz CT molecular complexity index is 1340. The molecular formula is C29H28FNO4. The lowest BCUT2D eigenvalue weighted by atomic mass is 9.93. The van der Waals surface area contributed by atoms with Crippen LogP contribution >= 0.6 is 0 Å². The van der Waals surface area contributed by atoms with Crippen molar-refractivity contribution >= 4 is 23.1 Å². The number of nitrogens with zero attached hydrogens (tertiary/aromatic N) is 1. The van der Waals surface area contributed by atoms with E-state index in [1.54, 1.807) is 31.4 Å². The van der Waals surface area contributed by atoms with Crippen LogP contribution in [0.25, 0.3) is 5.76 Å². The number of Topliss-reactive ketones (excluding diaryl/α,β-unsaturated/α-hetero) is 1. The maximum atomic E-state index is 13.7. The third kappa shape index (κ3) is 4.32. The van der Waals surface area contributed by atoms with E-state index in [1.807, 2.05) is 39.8 Å². The van der Waals surface area contributed by atoms with Crippen molar-refractivity contribution in [1.29, 1.82) is 0 Å². The number of hydrogen-bond acceptors (Lipinski definition) is 4. The van der Waals surface area contributed by atoms with Crippen LogP contribution in [0.1, 0.15) is 53.6 Å². The zero-order valence-electron chi connectivity index (χ0n) is 20.4. The number of hydrogen-bond donors (Lipinski definition) is 1. The molecule has 3 aromatic carbocycles. The number of ketones is 1. The molecule has 0 aliphatic carbocycles. The van der Waals surface area contributed by atoms with Gasteiger partial charge in [-0.05, 0) is 84.5 Å². The Hall–Kier alpha value is -3.93. The zero-order valence-corrected chi connectivity index (χ0v) is 20.4. The van der Waals surface area contributed by atoms with Crippen LogP contribution in [0.2, 0.25) is 0 Å². The molecule has 1 aliphatic heterocycles. The van der Waals surface area contributed by atoms with E-state index in [4.69, 9.17) is 4.74 Å². The van der Waals surface area contributed by atoms with Crippen molar-refractivity contribution in [2.24, 2.45) is 0 Å². The molecule has 35 heavy (non-hydrogen) atoms. The number of carbonyl (C=O) groups is 2. The van der Waals surface area contributed by atoms with Crippen molar-refractivity contribution in [1.82, 2.24) is 0 Å². The molecule has 0 bridgehead atoms. The standard InChI is InChI=1S/C29H28FNO4/c1-16(2)23-15-20(9-13-24(23)35-5)27(32)25-26(19-7-10-21(30)11-8-19)31(29(34)28(25)33)22-12-6-17(3)18(4)14-22/h6-16,26,32H,1-5H3/b27-25-. The van der Waals surface area contributed by atoms with Gasteiger partial charge in [-0.15, -0.1) is 0 Å². The normalized spacial score (nSPS) is 17.3. The molecule has 1 aliphatic rings. The molecule has 1 unspecified atom stereocenters. The van der Waals surface area contributed by atoms with Crippen LogP contribution in [0, 0.1) is 19.7 Å². The van der Waals surface area contributed by atoms with Gasteiger partial charge in [0.2, 0.25) is 0 Å². The van der Waals surface area contributed by atoms with Crippen molar-refractivity contribution in [2.45, 2.75) is 39.7 Å². The molecule has 1 fully saturated rings. The summed E-state index contributed by atoms with van der Waals surface area (Å²) in [6, 6.07) is 15.3. The van der Waals surface area contributed by atoms with Crippen LogP contribution in [0.3, 0.4) is 0 Å². The number of benzene rings is 3. The van der Waals surface area contributed by atoms with Crippen LogP contribution in [0.5, 0.6) is 5.75 Å². The SMILES string of the molecule is COc1ccc(/C(O)=C2/C(=O)C(=O)N(c3ccc(C)c(C)c3)C2c2ccc(F)cc2)cc1C(C)C. The van der Waals surface area contributed by atoms with Gasteiger partial charge < -0.3 is 9.84 Å². The summed E-state index contributed by atoms with van der Waals surface area (Å²) >= 11 is 0. The lowest BCUT2D eigenvalue weighted by Gasteiger charge is -2.26. The second-order valence-electron chi connectivity index (χ2n) is 9.10. The Balaban J connectivity index is 1.95. The fourth-order valence-electron chi connectivity index (χ4n) is 4.42. The van der Waals surface area contributed by atoms with Gasteiger partial charge >= 0.3 is 0 Å². The summed E-state index contributed by atoms with van der Waals surface area (Å²) in [6.45, 7) is 7.88. The highest BCUT2D eigenvalue weighted by Gasteiger charge is 2.47. The fourth-order valence-corrected chi connectivity index (χ4v) is 4.42. The van der Waals surface area contributed by atoms with E-state index in [9.17, 15) is 19.1 Å². The molecule has 0 radical (unpaired) electrons. The summed E-state index contributed by atoms with van der Waals surface area (Å²) in [6.07, 6.45) is 0.